The molecule has 0 aliphatic carbocycles. The molecule has 0 spiro atoms. The Hall–Kier alpha value is -2.33. The Morgan fingerprint density at radius 1 is 1.11 bits per heavy atom. The van der Waals surface area contributed by atoms with Crippen molar-refractivity contribution >= 4 is 5.91 Å². The van der Waals surface area contributed by atoms with E-state index < -0.39 is 0 Å². The van der Waals surface area contributed by atoms with E-state index >= 15 is 0 Å². The third-order valence-electron chi connectivity index (χ3n) is 5.48. The molecule has 1 fully saturated rings. The number of methoxy groups -OCH3 is 1. The quantitative estimate of drug-likeness (QED) is 0.741. The molecule has 2 aromatic rings. The Bertz CT molecular complexity index is 740. The van der Waals surface area contributed by atoms with Gasteiger partial charge in [-0.2, -0.15) is 0 Å². The number of hydrogen-bond acceptors (Lipinski definition) is 3. The maximum absolute atomic E-state index is 12.8. The van der Waals surface area contributed by atoms with Crippen LogP contribution in [0.4, 0.5) is 0 Å². The van der Waals surface area contributed by atoms with Crippen molar-refractivity contribution in [1.82, 2.24) is 9.80 Å². The van der Waals surface area contributed by atoms with E-state index in [2.05, 4.69) is 48.2 Å². The van der Waals surface area contributed by atoms with Crippen molar-refractivity contribution in [3.8, 4) is 5.75 Å². The van der Waals surface area contributed by atoms with Gasteiger partial charge in [-0.05, 0) is 54.6 Å². The van der Waals surface area contributed by atoms with E-state index in [4.69, 9.17) is 4.74 Å². The molecule has 0 N–H and O–H groups in total. The van der Waals surface area contributed by atoms with Crippen LogP contribution >= 0.6 is 0 Å². The molecule has 0 bridgehead atoms. The van der Waals surface area contributed by atoms with Crippen LogP contribution in [0.1, 0.15) is 42.5 Å². The van der Waals surface area contributed by atoms with Crippen LogP contribution in [0.5, 0.6) is 5.75 Å². The van der Waals surface area contributed by atoms with Gasteiger partial charge in [0.05, 0.1) is 13.7 Å². The van der Waals surface area contributed by atoms with Crippen LogP contribution in [0.2, 0.25) is 0 Å². The predicted octanol–water partition coefficient (Wildman–Crippen LogP) is 4.05. The number of carbonyl (C=O) groups excluding carboxylic acids is 1. The van der Waals surface area contributed by atoms with Gasteiger partial charge in [0.25, 0.3) is 0 Å². The van der Waals surface area contributed by atoms with Crippen molar-refractivity contribution < 1.29 is 9.53 Å². The fraction of sp³-hybridized carbons (Fsp3) is 0.435. The van der Waals surface area contributed by atoms with Gasteiger partial charge in [-0.25, -0.2) is 0 Å². The number of benzene rings is 2. The van der Waals surface area contributed by atoms with E-state index in [0.717, 1.165) is 31.6 Å². The molecule has 144 valence electrons. The first kappa shape index (κ1) is 19.4. The summed E-state index contributed by atoms with van der Waals surface area (Å²) < 4.78 is 5.25. The van der Waals surface area contributed by atoms with Gasteiger partial charge in [-0.3, -0.25) is 9.69 Å². The van der Waals surface area contributed by atoms with Crippen molar-refractivity contribution in [3.05, 3.63) is 65.2 Å². The number of amides is 1. The fourth-order valence-corrected chi connectivity index (χ4v) is 3.76. The van der Waals surface area contributed by atoms with Gasteiger partial charge in [-0.15, -0.1) is 0 Å². The van der Waals surface area contributed by atoms with Gasteiger partial charge in [0.2, 0.25) is 5.91 Å². The number of rotatable bonds is 7. The van der Waals surface area contributed by atoms with Crippen LogP contribution in [0.15, 0.2) is 48.5 Å². The highest BCUT2D eigenvalue weighted by atomic mass is 16.5. The largest absolute Gasteiger partial charge is 0.497 e. The first-order chi connectivity index (χ1) is 13.1. The fourth-order valence-electron chi connectivity index (χ4n) is 3.76. The smallest absolute Gasteiger partial charge is 0.236 e. The topological polar surface area (TPSA) is 32.8 Å². The number of likely N-dealkylation sites (N-methyl/N-ethyl adjacent to an activating group) is 1. The highest BCUT2D eigenvalue weighted by Crippen LogP contribution is 2.32. The highest BCUT2D eigenvalue weighted by Gasteiger charge is 2.28. The maximum atomic E-state index is 12.8. The van der Waals surface area contributed by atoms with Gasteiger partial charge >= 0.3 is 0 Å². The number of hydrogen-bond donors (Lipinski definition) is 0. The van der Waals surface area contributed by atoms with Crippen LogP contribution in [0.25, 0.3) is 0 Å². The van der Waals surface area contributed by atoms with E-state index in [-0.39, 0.29) is 5.91 Å². The van der Waals surface area contributed by atoms with Crippen LogP contribution in [0.3, 0.4) is 0 Å². The van der Waals surface area contributed by atoms with Gasteiger partial charge in [0.1, 0.15) is 5.75 Å². The molecule has 0 aromatic heterocycles. The lowest BCUT2D eigenvalue weighted by Crippen LogP contribution is -2.37. The Labute approximate surface area is 162 Å². The zero-order chi connectivity index (χ0) is 19.2. The van der Waals surface area contributed by atoms with E-state index in [1.165, 1.54) is 16.7 Å². The second kappa shape index (κ2) is 9.05. The Morgan fingerprint density at radius 2 is 1.78 bits per heavy atom. The summed E-state index contributed by atoms with van der Waals surface area (Å²) in [5.74, 6) is 1.04. The minimum absolute atomic E-state index is 0.176. The first-order valence-electron chi connectivity index (χ1n) is 9.80. The molecule has 1 atom stereocenters. The van der Waals surface area contributed by atoms with Crippen molar-refractivity contribution in [2.24, 2.45) is 0 Å². The third-order valence-corrected chi connectivity index (χ3v) is 5.48. The predicted molar refractivity (Wildman–Crippen MR) is 109 cm³/mol. The number of likely N-dealkylation sites (tertiary alicyclic amines) is 1. The van der Waals surface area contributed by atoms with E-state index in [1.54, 1.807) is 7.11 Å². The molecule has 0 radical (unpaired) electrons. The van der Waals surface area contributed by atoms with Crippen molar-refractivity contribution in [1.29, 1.82) is 0 Å². The Balaban J connectivity index is 1.59. The number of carbonyl (C=O) groups is 1. The van der Waals surface area contributed by atoms with E-state index in [9.17, 15) is 4.79 Å². The summed E-state index contributed by atoms with van der Waals surface area (Å²) in [5.41, 5.74) is 3.77. The molecule has 1 aliphatic heterocycles. The second-order valence-electron chi connectivity index (χ2n) is 7.32. The summed E-state index contributed by atoms with van der Waals surface area (Å²) in [6.45, 7) is 4.26. The zero-order valence-electron chi connectivity index (χ0n) is 16.6. The van der Waals surface area contributed by atoms with Crippen LogP contribution in [-0.4, -0.2) is 43.0 Å². The highest BCUT2D eigenvalue weighted by molar-refractivity contribution is 5.78. The minimum atomic E-state index is 0.176. The van der Waals surface area contributed by atoms with E-state index in [1.807, 2.05) is 24.1 Å². The SMILES string of the molecule is CCc1ccc(CN(C)C(=O)CN2CCCC2c2ccc(OC)cc2)cc1. The summed E-state index contributed by atoms with van der Waals surface area (Å²) in [7, 11) is 3.58. The van der Waals surface area contributed by atoms with Crippen molar-refractivity contribution in [2.45, 2.75) is 38.8 Å². The standard InChI is InChI=1S/C23H30N2O2/c1-4-18-7-9-19(10-8-18)16-24(2)23(26)17-25-15-5-6-22(25)20-11-13-21(27-3)14-12-20/h7-14,22H,4-6,15-17H2,1-3H3. The normalized spacial score (nSPS) is 17.1. The summed E-state index contributed by atoms with van der Waals surface area (Å²) in [4.78, 5) is 16.9. The molecule has 27 heavy (non-hydrogen) atoms. The van der Waals surface area contributed by atoms with Crippen molar-refractivity contribution in [2.75, 3.05) is 27.2 Å². The molecule has 1 unspecified atom stereocenters. The second-order valence-corrected chi connectivity index (χ2v) is 7.32. The average Bonchev–Trinajstić information content (AvgIpc) is 3.16. The van der Waals surface area contributed by atoms with Crippen molar-refractivity contribution in [3.63, 3.8) is 0 Å². The lowest BCUT2D eigenvalue weighted by atomic mass is 10.0. The lowest BCUT2D eigenvalue weighted by Gasteiger charge is -2.27. The lowest BCUT2D eigenvalue weighted by molar-refractivity contribution is -0.131. The summed E-state index contributed by atoms with van der Waals surface area (Å²) in [6, 6.07) is 17.1. The summed E-state index contributed by atoms with van der Waals surface area (Å²) in [6.07, 6.45) is 3.27. The van der Waals surface area contributed by atoms with Crippen LogP contribution < -0.4 is 4.74 Å². The van der Waals surface area contributed by atoms with Gasteiger partial charge in [0, 0.05) is 19.6 Å². The van der Waals surface area contributed by atoms with Crippen LogP contribution in [0, 0.1) is 0 Å². The van der Waals surface area contributed by atoms with Gasteiger partial charge in [0.15, 0.2) is 0 Å². The molecule has 4 nitrogen and oxygen atoms in total. The molecule has 4 heteroatoms. The first-order valence-corrected chi connectivity index (χ1v) is 9.80. The Kier molecular flexibility index (Phi) is 6.51. The van der Waals surface area contributed by atoms with E-state index in [0.29, 0.717) is 19.1 Å². The van der Waals surface area contributed by atoms with Gasteiger partial charge < -0.3 is 9.64 Å². The molecule has 1 amide bonds. The molecule has 1 aliphatic rings. The third kappa shape index (κ3) is 4.89. The zero-order valence-corrected chi connectivity index (χ0v) is 16.6. The number of ether oxygens (including phenoxy) is 1. The monoisotopic (exact) mass is 366 g/mol. The molecular weight excluding hydrogens is 336 g/mol. The molecule has 2 aromatic carbocycles. The average molecular weight is 367 g/mol. The molecule has 1 saturated heterocycles. The molecule has 1 heterocycles. The van der Waals surface area contributed by atoms with Crippen LogP contribution in [-0.2, 0) is 17.8 Å². The molecular formula is C23H30N2O2. The molecule has 3 rings (SSSR count). The maximum Gasteiger partial charge on any atom is 0.236 e. The van der Waals surface area contributed by atoms with Gasteiger partial charge in [-0.1, -0.05) is 43.3 Å². The Morgan fingerprint density at radius 3 is 2.41 bits per heavy atom. The summed E-state index contributed by atoms with van der Waals surface area (Å²) >= 11 is 0. The number of aryl methyl sites for hydroxylation is 1. The minimum Gasteiger partial charge on any atom is -0.497 e. The molecule has 0 saturated carbocycles. The number of nitrogens with zero attached hydrogens (tertiary/aromatic N) is 2. The summed E-state index contributed by atoms with van der Waals surface area (Å²) in [5, 5.41) is 0.